The molecule has 120 valence electrons. The van der Waals surface area contributed by atoms with Crippen LogP contribution in [0.3, 0.4) is 0 Å². The zero-order chi connectivity index (χ0) is 17.1. The first-order valence-corrected chi connectivity index (χ1v) is 6.98. The summed E-state index contributed by atoms with van der Waals surface area (Å²) in [5.74, 6) is -0.0616. The molecule has 5 N–H and O–H groups in total. The van der Waals surface area contributed by atoms with Crippen LogP contribution in [0.2, 0.25) is 0 Å². The molecular formula is C16H14N6O2. The third kappa shape index (κ3) is 2.80. The first-order valence-electron chi connectivity index (χ1n) is 6.98. The maximum Gasteiger partial charge on any atom is 0.191 e. The van der Waals surface area contributed by atoms with Crippen LogP contribution in [0.5, 0.6) is 5.75 Å². The quantitative estimate of drug-likeness (QED) is 0.249. The number of benzene rings is 2. The summed E-state index contributed by atoms with van der Waals surface area (Å²) >= 11 is 0. The minimum Gasteiger partial charge on any atom is -0.507 e. The van der Waals surface area contributed by atoms with Gasteiger partial charge in [0.1, 0.15) is 11.3 Å². The van der Waals surface area contributed by atoms with Crippen molar-refractivity contribution in [3.63, 3.8) is 0 Å². The molecule has 24 heavy (non-hydrogen) atoms. The third-order valence-corrected chi connectivity index (χ3v) is 3.32. The summed E-state index contributed by atoms with van der Waals surface area (Å²) in [4.78, 5) is 4.23. The molecule has 2 aromatic carbocycles. The van der Waals surface area contributed by atoms with Gasteiger partial charge in [-0.25, -0.2) is 4.98 Å². The van der Waals surface area contributed by atoms with Gasteiger partial charge in [-0.15, -0.1) is 5.10 Å². The van der Waals surface area contributed by atoms with Gasteiger partial charge in [-0.1, -0.05) is 24.3 Å². The van der Waals surface area contributed by atoms with Crippen molar-refractivity contribution in [2.75, 3.05) is 0 Å². The first-order chi connectivity index (χ1) is 11.6. The Labute approximate surface area is 136 Å². The predicted octanol–water partition coefficient (Wildman–Crippen LogP) is 1.20. The van der Waals surface area contributed by atoms with Crippen molar-refractivity contribution in [3.8, 4) is 5.75 Å². The highest BCUT2D eigenvalue weighted by Crippen LogP contribution is 2.12. The summed E-state index contributed by atoms with van der Waals surface area (Å²) < 4.78 is 0.687. The number of phenolic OH excluding ortho intramolecular Hbond substituents is 1. The monoisotopic (exact) mass is 322 g/mol. The molecule has 0 radical (unpaired) electrons. The summed E-state index contributed by atoms with van der Waals surface area (Å²) in [7, 11) is 0. The van der Waals surface area contributed by atoms with Crippen molar-refractivity contribution < 1.29 is 10.3 Å². The van der Waals surface area contributed by atoms with Crippen LogP contribution in [0.4, 0.5) is 0 Å². The largest absolute Gasteiger partial charge is 0.507 e. The fourth-order valence-electron chi connectivity index (χ4n) is 2.11. The molecule has 3 rings (SSSR count). The van der Waals surface area contributed by atoms with Gasteiger partial charge in [0.25, 0.3) is 0 Å². The molecule has 0 fully saturated rings. The number of aromatic hydroxyl groups is 1. The molecule has 0 aliphatic heterocycles. The highest BCUT2D eigenvalue weighted by molar-refractivity contribution is 5.97. The lowest BCUT2D eigenvalue weighted by atomic mass is 10.2. The minimum atomic E-state index is -0.298. The number of rotatable bonds is 3. The molecule has 1 aromatic heterocycles. The van der Waals surface area contributed by atoms with E-state index in [2.05, 4.69) is 15.2 Å². The number of nitrogens with one attached hydrogen (secondary N) is 1. The highest BCUT2D eigenvalue weighted by Gasteiger charge is 2.10. The molecule has 8 nitrogen and oxygen atoms in total. The van der Waals surface area contributed by atoms with E-state index in [1.54, 1.807) is 42.5 Å². The van der Waals surface area contributed by atoms with E-state index in [9.17, 15) is 10.3 Å². The average Bonchev–Trinajstić information content (AvgIpc) is 2.59. The van der Waals surface area contributed by atoms with Crippen molar-refractivity contribution in [2.24, 2.45) is 15.9 Å². The fourth-order valence-corrected chi connectivity index (χ4v) is 2.11. The molecule has 0 aliphatic rings. The Kier molecular flexibility index (Phi) is 3.94. The molecule has 0 aliphatic carbocycles. The van der Waals surface area contributed by atoms with Crippen LogP contribution in [0.1, 0.15) is 11.3 Å². The van der Waals surface area contributed by atoms with Crippen molar-refractivity contribution in [1.82, 2.24) is 9.71 Å². The molecule has 8 heteroatoms. The molecule has 1 heterocycles. The Hall–Kier alpha value is -3.68. The lowest BCUT2D eigenvalue weighted by molar-refractivity contribution is 0.183. The van der Waals surface area contributed by atoms with E-state index in [1.165, 1.54) is 12.3 Å². The van der Waals surface area contributed by atoms with Gasteiger partial charge in [0.15, 0.2) is 17.0 Å². The molecule has 0 amide bonds. The van der Waals surface area contributed by atoms with Crippen molar-refractivity contribution >= 4 is 23.1 Å². The van der Waals surface area contributed by atoms with Crippen LogP contribution in [-0.2, 0) is 0 Å². The lowest BCUT2D eigenvalue weighted by Crippen LogP contribution is -2.31. The Morgan fingerprint density at radius 1 is 1.17 bits per heavy atom. The number of hydrogen-bond donors (Lipinski definition) is 4. The van der Waals surface area contributed by atoms with Gasteiger partial charge in [0.05, 0.1) is 11.7 Å². The Morgan fingerprint density at radius 3 is 2.67 bits per heavy atom. The van der Waals surface area contributed by atoms with Gasteiger partial charge in [-0.3, -0.25) is 5.41 Å². The number of nitrogens with zero attached hydrogens (tertiary/aromatic N) is 4. The van der Waals surface area contributed by atoms with Gasteiger partial charge in [0.2, 0.25) is 0 Å². The number of hydrogen-bond acceptors (Lipinski definition) is 6. The van der Waals surface area contributed by atoms with Gasteiger partial charge >= 0.3 is 0 Å². The minimum absolute atomic E-state index is 0.00522. The van der Waals surface area contributed by atoms with Crippen LogP contribution in [-0.4, -0.2) is 32.1 Å². The number of aromatic nitrogens is 2. The van der Waals surface area contributed by atoms with Crippen LogP contribution < -0.4 is 11.2 Å². The molecule has 0 atom stereocenters. The maximum absolute atomic E-state index is 10.0. The summed E-state index contributed by atoms with van der Waals surface area (Å²) in [5, 5.41) is 35.2. The van der Waals surface area contributed by atoms with E-state index in [0.717, 1.165) is 0 Å². The Morgan fingerprint density at radius 2 is 1.88 bits per heavy atom. The second kappa shape index (κ2) is 6.21. The van der Waals surface area contributed by atoms with Gasteiger partial charge in [-0.05, 0) is 24.3 Å². The average molecular weight is 322 g/mol. The van der Waals surface area contributed by atoms with Crippen molar-refractivity contribution in [1.29, 1.82) is 5.41 Å². The SMILES string of the molecule is N=c1c(C(N)=N/N=C/c2ccccc2O)nc2ccccc2n1O. The van der Waals surface area contributed by atoms with E-state index in [4.69, 9.17) is 11.1 Å². The molecule has 0 saturated carbocycles. The van der Waals surface area contributed by atoms with Crippen LogP contribution >= 0.6 is 0 Å². The van der Waals surface area contributed by atoms with Crippen molar-refractivity contribution in [3.05, 3.63) is 65.3 Å². The summed E-state index contributed by atoms with van der Waals surface area (Å²) in [6.45, 7) is 0. The number of para-hydroxylation sites is 3. The number of nitrogens with two attached hydrogens (primary N) is 1. The molecule has 0 saturated heterocycles. The maximum atomic E-state index is 10.0. The molecular weight excluding hydrogens is 308 g/mol. The molecule has 3 aromatic rings. The highest BCUT2D eigenvalue weighted by atomic mass is 16.5. The van der Waals surface area contributed by atoms with Gasteiger partial charge < -0.3 is 16.0 Å². The number of amidine groups is 1. The second-order valence-electron chi connectivity index (χ2n) is 4.90. The van der Waals surface area contributed by atoms with Crippen LogP contribution in [0.25, 0.3) is 11.0 Å². The third-order valence-electron chi connectivity index (χ3n) is 3.32. The fraction of sp³-hybridized carbons (Fsp3) is 0. The van der Waals surface area contributed by atoms with Crippen molar-refractivity contribution in [2.45, 2.75) is 0 Å². The van der Waals surface area contributed by atoms with E-state index in [1.807, 2.05) is 0 Å². The Bertz CT molecular complexity index is 1020. The van der Waals surface area contributed by atoms with Gasteiger partial charge in [0, 0.05) is 5.56 Å². The predicted molar refractivity (Wildman–Crippen MR) is 89.2 cm³/mol. The van der Waals surface area contributed by atoms with E-state index >= 15 is 0 Å². The van der Waals surface area contributed by atoms with E-state index < -0.39 is 0 Å². The number of fused-ring (bicyclic) bond motifs is 1. The number of phenols is 1. The Balaban J connectivity index is 1.99. The van der Waals surface area contributed by atoms with E-state index in [0.29, 0.717) is 21.3 Å². The molecule has 0 bridgehead atoms. The topological polar surface area (TPSA) is 133 Å². The molecule has 0 unspecified atom stereocenters. The zero-order valence-electron chi connectivity index (χ0n) is 12.5. The summed E-state index contributed by atoms with van der Waals surface area (Å²) in [5.41, 5.74) is 6.86. The smallest absolute Gasteiger partial charge is 0.191 e. The zero-order valence-corrected chi connectivity index (χ0v) is 12.5. The van der Waals surface area contributed by atoms with E-state index in [-0.39, 0.29) is 22.8 Å². The lowest BCUT2D eigenvalue weighted by Gasteiger charge is -2.06. The first kappa shape index (κ1) is 15.2. The standard InChI is InChI=1S/C16H14N6O2/c17-15(21-19-9-10-5-1-4-8-13(10)23)14-16(18)22(24)12-7-3-2-6-11(12)20-14/h1-9,18,23-24H,(H2,17,21)/b18-16?,19-9+. The normalized spacial score (nSPS) is 12.1. The summed E-state index contributed by atoms with van der Waals surface area (Å²) in [6, 6.07) is 13.4. The van der Waals surface area contributed by atoms with Crippen LogP contribution in [0.15, 0.2) is 58.7 Å². The summed E-state index contributed by atoms with van der Waals surface area (Å²) in [6.07, 6.45) is 1.33. The molecule has 0 spiro atoms. The second-order valence-corrected chi connectivity index (χ2v) is 4.90. The van der Waals surface area contributed by atoms with Crippen LogP contribution in [0, 0.1) is 5.41 Å². The van der Waals surface area contributed by atoms with Gasteiger partial charge in [-0.2, -0.15) is 9.83 Å².